The third-order valence-corrected chi connectivity index (χ3v) is 3.96. The predicted octanol–water partition coefficient (Wildman–Crippen LogP) is 1.52. The lowest BCUT2D eigenvalue weighted by Crippen LogP contribution is -2.40. The highest BCUT2D eigenvalue weighted by atomic mass is 16.5. The minimum atomic E-state index is -0.522. The molecule has 8 nitrogen and oxygen atoms in total. The average Bonchev–Trinajstić information content (AvgIpc) is 2.66. The quantitative estimate of drug-likeness (QED) is 0.543. The van der Waals surface area contributed by atoms with Crippen LogP contribution < -0.4 is 15.8 Å². The van der Waals surface area contributed by atoms with Gasteiger partial charge < -0.3 is 16.3 Å². The molecule has 0 unspecified atom stereocenters. The number of nitrogen functional groups attached to an aromatic ring is 1. The summed E-state index contributed by atoms with van der Waals surface area (Å²) in [7, 11) is 0. The molecule has 0 aliphatic carbocycles. The number of benzene rings is 1. The van der Waals surface area contributed by atoms with Crippen LogP contribution in [0.5, 0.6) is 0 Å². The number of hydrogen-bond donors (Lipinski definition) is 2. The highest BCUT2D eigenvalue weighted by Gasteiger charge is 2.24. The number of carbonyl (C=O) groups excluding carboxylic acids is 1. The van der Waals surface area contributed by atoms with Crippen molar-refractivity contribution in [1.82, 2.24) is 15.3 Å². The summed E-state index contributed by atoms with van der Waals surface area (Å²) in [6.07, 6.45) is 4.76. The molecule has 3 N–H and O–H groups in total. The Morgan fingerprint density at radius 1 is 1.42 bits per heavy atom. The number of aromatic nitrogens is 3. The van der Waals surface area contributed by atoms with E-state index in [-0.39, 0.29) is 16.9 Å². The van der Waals surface area contributed by atoms with Crippen LogP contribution in [0.3, 0.4) is 0 Å². The van der Waals surface area contributed by atoms with Crippen LogP contribution in [0.4, 0.5) is 5.69 Å². The van der Waals surface area contributed by atoms with Crippen molar-refractivity contribution in [2.75, 3.05) is 12.3 Å². The average molecular weight is 348 g/mol. The number of nitrogens with one attached hydrogen (secondary N) is 1. The van der Waals surface area contributed by atoms with Gasteiger partial charge in [-0.2, -0.15) is 9.99 Å². The molecule has 0 aliphatic rings. The molecule has 1 amide bonds. The topological polar surface area (TPSA) is 132 Å². The van der Waals surface area contributed by atoms with Crippen molar-refractivity contribution in [3.63, 3.8) is 0 Å². The van der Waals surface area contributed by atoms with E-state index in [1.807, 2.05) is 13.0 Å². The van der Waals surface area contributed by atoms with Gasteiger partial charge in [-0.25, -0.2) is 9.97 Å². The zero-order valence-electron chi connectivity index (χ0n) is 14.1. The first-order chi connectivity index (χ1) is 12.6. The van der Waals surface area contributed by atoms with E-state index in [9.17, 15) is 15.3 Å². The third kappa shape index (κ3) is 2.86. The van der Waals surface area contributed by atoms with Crippen molar-refractivity contribution in [3.8, 4) is 17.3 Å². The maximum Gasteiger partial charge on any atom is 0.319 e. The van der Waals surface area contributed by atoms with Crippen molar-refractivity contribution < 1.29 is 9.52 Å². The van der Waals surface area contributed by atoms with Crippen LogP contribution in [0.25, 0.3) is 22.0 Å². The molecule has 130 valence electrons. The van der Waals surface area contributed by atoms with Crippen molar-refractivity contribution in [2.24, 2.45) is 0 Å². The van der Waals surface area contributed by atoms with E-state index in [4.69, 9.17) is 5.73 Å². The van der Waals surface area contributed by atoms with Gasteiger partial charge in [-0.05, 0) is 6.42 Å². The van der Waals surface area contributed by atoms with Crippen LogP contribution in [0.2, 0.25) is 0 Å². The minimum Gasteiger partial charge on any atom is -0.618 e. The van der Waals surface area contributed by atoms with E-state index in [1.54, 1.807) is 18.2 Å². The van der Waals surface area contributed by atoms with Gasteiger partial charge in [0, 0.05) is 23.7 Å². The van der Waals surface area contributed by atoms with Gasteiger partial charge in [-0.15, -0.1) is 0 Å². The van der Waals surface area contributed by atoms with Crippen LogP contribution in [-0.2, 0) is 0 Å². The minimum absolute atomic E-state index is 0.0838. The Labute approximate surface area is 149 Å². The van der Waals surface area contributed by atoms with Crippen molar-refractivity contribution in [2.45, 2.75) is 13.3 Å². The van der Waals surface area contributed by atoms with E-state index < -0.39 is 5.91 Å². The summed E-state index contributed by atoms with van der Waals surface area (Å²) in [5, 5.41) is 25.5. The zero-order chi connectivity index (χ0) is 18.7. The van der Waals surface area contributed by atoms with Gasteiger partial charge in [-0.1, -0.05) is 25.1 Å². The van der Waals surface area contributed by atoms with Gasteiger partial charge in [0.1, 0.15) is 18.1 Å². The molecule has 26 heavy (non-hydrogen) atoms. The molecule has 0 bridgehead atoms. The first kappa shape index (κ1) is 17.1. The van der Waals surface area contributed by atoms with E-state index in [2.05, 4.69) is 15.3 Å². The smallest absolute Gasteiger partial charge is 0.319 e. The summed E-state index contributed by atoms with van der Waals surface area (Å²) in [6.45, 7) is 2.36. The molecule has 3 rings (SSSR count). The van der Waals surface area contributed by atoms with Gasteiger partial charge in [0.25, 0.3) is 0 Å². The highest BCUT2D eigenvalue weighted by molar-refractivity contribution is 6.07. The lowest BCUT2D eigenvalue weighted by atomic mass is 9.99. The molecule has 0 saturated heterocycles. The van der Waals surface area contributed by atoms with Crippen LogP contribution in [-0.4, -0.2) is 22.4 Å². The van der Waals surface area contributed by atoms with Gasteiger partial charge >= 0.3 is 11.6 Å². The summed E-state index contributed by atoms with van der Waals surface area (Å²) in [4.78, 5) is 20.3. The van der Waals surface area contributed by atoms with E-state index in [0.29, 0.717) is 33.3 Å². The molecular weight excluding hydrogens is 332 g/mol. The molecule has 3 aromatic rings. The second kappa shape index (κ2) is 7.03. The molecule has 1 aromatic carbocycles. The normalized spacial score (nSPS) is 10.5. The Bertz CT molecular complexity index is 1040. The Morgan fingerprint density at radius 3 is 2.96 bits per heavy atom. The van der Waals surface area contributed by atoms with Crippen LogP contribution in [0, 0.1) is 16.5 Å². The van der Waals surface area contributed by atoms with Gasteiger partial charge in [-0.3, -0.25) is 4.79 Å². The van der Waals surface area contributed by atoms with Crippen LogP contribution in [0.1, 0.15) is 29.4 Å². The van der Waals surface area contributed by atoms with Crippen molar-refractivity contribution in [1.29, 1.82) is 5.26 Å². The van der Waals surface area contributed by atoms with Crippen molar-refractivity contribution in [3.05, 3.63) is 53.4 Å². The molecule has 2 aromatic heterocycles. The van der Waals surface area contributed by atoms with Crippen LogP contribution in [0.15, 0.2) is 36.9 Å². The summed E-state index contributed by atoms with van der Waals surface area (Å²) >= 11 is 0. The predicted molar refractivity (Wildman–Crippen MR) is 95.7 cm³/mol. The fourth-order valence-corrected chi connectivity index (χ4v) is 2.74. The number of nitrogens with zero attached hydrogens (tertiary/aromatic N) is 4. The largest absolute Gasteiger partial charge is 0.618 e. The molecule has 0 atom stereocenters. The number of nitrogens with two attached hydrogens (primary N) is 1. The number of anilines is 1. The molecule has 2 heterocycles. The standard InChI is InChI=1S/C18H16N6O2/c1-2-6-22-18(25)17-15(20)12-4-3-5-13(14(12)9-24(17)26)16-11(7-19)8-21-10-23-16/h3-5,8-10H,2,6,20H2,1H3,(H,22,25). The Kier molecular flexibility index (Phi) is 4.62. The molecule has 0 aliphatic heterocycles. The Balaban J connectivity index is 2.25. The third-order valence-electron chi connectivity index (χ3n) is 3.96. The SMILES string of the molecule is CCCNC(=O)c1c(N)c2cccc(-c3ncncc3C#N)c2c[n+]1[O-]. The number of amides is 1. The lowest BCUT2D eigenvalue weighted by molar-refractivity contribution is -0.605. The molecule has 0 fully saturated rings. The summed E-state index contributed by atoms with van der Waals surface area (Å²) in [6, 6.07) is 7.23. The second-order valence-corrected chi connectivity index (χ2v) is 5.64. The number of pyridine rings is 1. The molecule has 0 spiro atoms. The number of fused-ring (bicyclic) bond motifs is 1. The van der Waals surface area contributed by atoms with Gasteiger partial charge in [0.15, 0.2) is 6.20 Å². The Hall–Kier alpha value is -3.73. The number of carbonyl (C=O) groups is 1. The zero-order valence-corrected chi connectivity index (χ0v) is 14.1. The molecule has 0 saturated carbocycles. The summed E-state index contributed by atoms with van der Waals surface area (Å²) in [5.74, 6) is -0.522. The lowest BCUT2D eigenvalue weighted by Gasteiger charge is -2.12. The monoisotopic (exact) mass is 348 g/mol. The number of nitriles is 1. The van der Waals surface area contributed by atoms with Crippen molar-refractivity contribution >= 4 is 22.4 Å². The number of hydrogen-bond acceptors (Lipinski definition) is 6. The van der Waals surface area contributed by atoms with Gasteiger partial charge in [0.05, 0.1) is 16.6 Å². The molecule has 0 radical (unpaired) electrons. The fourth-order valence-electron chi connectivity index (χ4n) is 2.74. The first-order valence-corrected chi connectivity index (χ1v) is 8.01. The van der Waals surface area contributed by atoms with E-state index in [0.717, 1.165) is 6.42 Å². The van der Waals surface area contributed by atoms with E-state index >= 15 is 0 Å². The Morgan fingerprint density at radius 2 is 2.23 bits per heavy atom. The first-order valence-electron chi connectivity index (χ1n) is 8.01. The van der Waals surface area contributed by atoms with E-state index in [1.165, 1.54) is 18.7 Å². The highest BCUT2D eigenvalue weighted by Crippen LogP contribution is 2.31. The maximum absolute atomic E-state index is 12.5. The summed E-state index contributed by atoms with van der Waals surface area (Å²) < 4.78 is 0.458. The van der Waals surface area contributed by atoms with Crippen LogP contribution >= 0.6 is 0 Å². The molecule has 8 heteroatoms. The number of rotatable bonds is 4. The maximum atomic E-state index is 12.5. The molecular formula is C18H16N6O2. The fraction of sp³-hybridized carbons (Fsp3) is 0.167. The summed E-state index contributed by atoms with van der Waals surface area (Å²) in [5.41, 5.74) is 7.31. The second-order valence-electron chi connectivity index (χ2n) is 5.64. The van der Waals surface area contributed by atoms with Gasteiger partial charge in [0.2, 0.25) is 0 Å².